The molecule has 44 heavy (non-hydrogen) atoms. The zero-order valence-electron chi connectivity index (χ0n) is 28.3. The molecule has 256 valence electrons. The molecule has 0 rings (SSSR count). The molecule has 14 heteroatoms. The average molecular weight is 664 g/mol. The van der Waals surface area contributed by atoms with Crippen LogP contribution in [0.3, 0.4) is 0 Å². The Morgan fingerprint density at radius 1 is 0.841 bits per heavy atom. The number of ether oxygens (including phenoxy) is 1. The van der Waals surface area contributed by atoms with E-state index in [1.165, 1.54) is 16.8 Å². The van der Waals surface area contributed by atoms with Crippen LogP contribution < -0.4 is 21.4 Å². The fraction of sp³-hybridized carbons (Fsp3) is 0.833. The highest BCUT2D eigenvalue weighted by molar-refractivity contribution is 8.00. The zero-order chi connectivity index (χ0) is 34.1. The lowest BCUT2D eigenvalue weighted by Crippen LogP contribution is -2.53. The molecule has 0 radical (unpaired) electrons. The first-order chi connectivity index (χ1) is 20.3. The molecular formula is C30H57N5O7S2. The number of aliphatic carboxylic acids is 1. The smallest absolute Gasteiger partial charge is 0.303 e. The number of amides is 4. The van der Waals surface area contributed by atoms with Crippen LogP contribution in [0, 0.1) is 11.3 Å². The van der Waals surface area contributed by atoms with Gasteiger partial charge >= 0.3 is 5.97 Å². The molecule has 0 fully saturated rings. The molecule has 0 aromatic heterocycles. The van der Waals surface area contributed by atoms with Gasteiger partial charge in [0.05, 0.1) is 23.5 Å². The molecule has 0 saturated heterocycles. The van der Waals surface area contributed by atoms with E-state index in [4.69, 9.17) is 9.84 Å². The van der Waals surface area contributed by atoms with E-state index in [0.29, 0.717) is 43.4 Å². The highest BCUT2D eigenvalue weighted by Crippen LogP contribution is 2.30. The fourth-order valence-corrected chi connectivity index (χ4v) is 4.91. The maximum absolute atomic E-state index is 13.1. The van der Waals surface area contributed by atoms with Crippen molar-refractivity contribution in [2.45, 2.75) is 110 Å². The van der Waals surface area contributed by atoms with Crippen LogP contribution in [0.25, 0.3) is 0 Å². The molecule has 0 bridgehead atoms. The van der Waals surface area contributed by atoms with Crippen LogP contribution in [-0.2, 0) is 28.7 Å². The second kappa shape index (κ2) is 20.9. The van der Waals surface area contributed by atoms with Crippen molar-refractivity contribution in [1.82, 2.24) is 26.4 Å². The summed E-state index contributed by atoms with van der Waals surface area (Å²) in [5.41, 5.74) is 1.44. The Bertz CT molecular complexity index is 931. The first-order valence-corrected chi connectivity index (χ1v) is 17.3. The van der Waals surface area contributed by atoms with Crippen molar-refractivity contribution in [1.29, 1.82) is 0 Å². The number of hydrazine groups is 1. The fourth-order valence-electron chi connectivity index (χ4n) is 3.75. The van der Waals surface area contributed by atoms with Crippen LogP contribution in [0.1, 0.15) is 88.0 Å². The van der Waals surface area contributed by atoms with E-state index >= 15 is 0 Å². The molecular weight excluding hydrogens is 606 g/mol. The van der Waals surface area contributed by atoms with Crippen LogP contribution in [0.4, 0.5) is 0 Å². The molecule has 0 aliphatic carbocycles. The Morgan fingerprint density at radius 3 is 1.95 bits per heavy atom. The Labute approximate surface area is 272 Å². The van der Waals surface area contributed by atoms with Gasteiger partial charge in [-0.15, -0.1) is 23.5 Å². The van der Waals surface area contributed by atoms with Crippen molar-refractivity contribution >= 4 is 53.1 Å². The van der Waals surface area contributed by atoms with Gasteiger partial charge in [-0.3, -0.25) is 29.4 Å². The second-order valence-corrected chi connectivity index (χ2v) is 16.0. The van der Waals surface area contributed by atoms with Crippen molar-refractivity contribution < 1.29 is 33.8 Å². The van der Waals surface area contributed by atoms with E-state index in [-0.39, 0.29) is 47.8 Å². The maximum Gasteiger partial charge on any atom is 0.303 e. The summed E-state index contributed by atoms with van der Waals surface area (Å²) in [5.74, 6) is -1.70. The topological polar surface area (TPSA) is 166 Å². The van der Waals surface area contributed by atoms with Crippen LogP contribution in [0.15, 0.2) is 0 Å². The van der Waals surface area contributed by atoms with E-state index in [2.05, 4.69) is 21.4 Å². The van der Waals surface area contributed by atoms with Crippen LogP contribution >= 0.6 is 23.5 Å². The Morgan fingerprint density at radius 2 is 1.41 bits per heavy atom. The van der Waals surface area contributed by atoms with E-state index < -0.39 is 28.9 Å². The predicted octanol–water partition coefficient (Wildman–Crippen LogP) is 3.01. The molecule has 2 atom stereocenters. The standard InChI is InChI=1S/C30H57N5O7S2/c1-20(2)43-17-24(36)31-14-11-12-23(33-25(37)18-44-21(3)4)28(41)34-35(10)19-42-30(8,9)13-15-32-27(40)22(5)29(6,7)16-26(38)39/h20-23H,11-19H2,1-10H3,(H,31,36)(H,32,40)(H,33,37)(H,34,41)(H,38,39). The molecule has 2 unspecified atom stereocenters. The molecule has 0 heterocycles. The number of hydrogen-bond acceptors (Lipinski definition) is 9. The third-order valence-corrected chi connectivity index (χ3v) is 9.08. The van der Waals surface area contributed by atoms with Gasteiger partial charge in [0.1, 0.15) is 12.8 Å². The summed E-state index contributed by atoms with van der Waals surface area (Å²) in [6.07, 6.45) is 1.24. The molecule has 0 saturated carbocycles. The Kier molecular flexibility index (Phi) is 19.9. The molecule has 0 aliphatic heterocycles. The van der Waals surface area contributed by atoms with Gasteiger partial charge in [0.15, 0.2) is 0 Å². The Balaban J connectivity index is 4.89. The number of carboxylic acid groups (broad SMARTS) is 1. The van der Waals surface area contributed by atoms with Gasteiger partial charge in [0.25, 0.3) is 5.91 Å². The molecule has 12 nitrogen and oxygen atoms in total. The third kappa shape index (κ3) is 20.1. The molecule has 0 aliphatic rings. The minimum atomic E-state index is -0.945. The number of nitrogens with one attached hydrogen (secondary N) is 4. The number of carbonyl (C=O) groups excluding carboxylic acids is 4. The molecule has 0 spiro atoms. The number of carbonyl (C=O) groups is 5. The van der Waals surface area contributed by atoms with E-state index in [0.717, 1.165) is 0 Å². The minimum Gasteiger partial charge on any atom is -0.481 e. The van der Waals surface area contributed by atoms with Gasteiger partial charge in [0, 0.05) is 26.1 Å². The van der Waals surface area contributed by atoms with E-state index in [9.17, 15) is 24.0 Å². The highest BCUT2D eigenvalue weighted by Gasteiger charge is 2.33. The van der Waals surface area contributed by atoms with Gasteiger partial charge in [-0.1, -0.05) is 48.5 Å². The lowest BCUT2D eigenvalue weighted by Gasteiger charge is -2.31. The molecule has 0 aromatic rings. The number of thioether (sulfide) groups is 2. The first kappa shape index (κ1) is 42.0. The Hall–Kier alpha value is -2.03. The molecule has 0 aromatic carbocycles. The summed E-state index contributed by atoms with van der Waals surface area (Å²) >= 11 is 3.04. The van der Waals surface area contributed by atoms with Crippen molar-refractivity contribution in [2.24, 2.45) is 11.3 Å². The highest BCUT2D eigenvalue weighted by atomic mass is 32.2. The predicted molar refractivity (Wildman–Crippen MR) is 178 cm³/mol. The van der Waals surface area contributed by atoms with E-state index in [1.54, 1.807) is 39.6 Å². The normalized spacial score (nSPS) is 13.5. The monoisotopic (exact) mass is 663 g/mol. The summed E-state index contributed by atoms with van der Waals surface area (Å²) in [5, 5.41) is 19.8. The molecule has 4 amide bonds. The summed E-state index contributed by atoms with van der Waals surface area (Å²) in [4.78, 5) is 61.3. The first-order valence-electron chi connectivity index (χ1n) is 15.2. The van der Waals surface area contributed by atoms with E-state index in [1.807, 2.05) is 41.5 Å². The van der Waals surface area contributed by atoms with Crippen molar-refractivity contribution in [2.75, 3.05) is 38.4 Å². The SMILES string of the molecule is CC(C)SCC(=O)NCCCC(NC(=O)CSC(C)C)C(=O)NN(C)COC(C)(C)CCNC(=O)C(C)C(C)(C)CC(=O)O. The maximum atomic E-state index is 13.1. The second-order valence-electron chi connectivity index (χ2n) is 12.9. The summed E-state index contributed by atoms with van der Waals surface area (Å²) in [6.45, 7) is 17.8. The van der Waals surface area contributed by atoms with Crippen LogP contribution in [0.2, 0.25) is 0 Å². The van der Waals surface area contributed by atoms with Gasteiger partial charge in [-0.2, -0.15) is 5.01 Å². The van der Waals surface area contributed by atoms with Crippen LogP contribution in [0.5, 0.6) is 0 Å². The number of rotatable bonds is 23. The van der Waals surface area contributed by atoms with Crippen LogP contribution in [-0.4, -0.2) is 100 Å². The van der Waals surface area contributed by atoms with Crippen molar-refractivity contribution in [3.63, 3.8) is 0 Å². The van der Waals surface area contributed by atoms with Gasteiger partial charge in [-0.25, -0.2) is 0 Å². The number of carboxylic acids is 1. The van der Waals surface area contributed by atoms with Gasteiger partial charge < -0.3 is 25.8 Å². The summed E-state index contributed by atoms with van der Waals surface area (Å²) in [7, 11) is 1.65. The van der Waals surface area contributed by atoms with Crippen molar-refractivity contribution in [3.05, 3.63) is 0 Å². The minimum absolute atomic E-state index is 0.0577. The lowest BCUT2D eigenvalue weighted by molar-refractivity contribution is -0.141. The quantitative estimate of drug-likeness (QED) is 0.0623. The average Bonchev–Trinajstić information content (AvgIpc) is 2.89. The van der Waals surface area contributed by atoms with Gasteiger partial charge in [-0.05, 0) is 49.0 Å². The lowest BCUT2D eigenvalue weighted by atomic mass is 9.77. The van der Waals surface area contributed by atoms with Gasteiger partial charge in [0.2, 0.25) is 17.7 Å². The number of hydrogen-bond donors (Lipinski definition) is 5. The summed E-state index contributed by atoms with van der Waals surface area (Å²) in [6, 6.07) is -0.782. The zero-order valence-corrected chi connectivity index (χ0v) is 30.0. The van der Waals surface area contributed by atoms with Crippen molar-refractivity contribution in [3.8, 4) is 0 Å². The third-order valence-electron chi connectivity index (χ3n) is 6.89. The summed E-state index contributed by atoms with van der Waals surface area (Å²) < 4.78 is 5.99. The number of nitrogens with zero attached hydrogens (tertiary/aromatic N) is 1. The molecule has 5 N–H and O–H groups in total. The largest absolute Gasteiger partial charge is 0.481 e.